The molecular weight excluding hydrogens is 909 g/mol. The highest BCUT2D eigenvalue weighted by molar-refractivity contribution is 5.70. The Morgan fingerprint density at radius 1 is 0.311 bits per heavy atom. The van der Waals surface area contributed by atoms with Crippen molar-refractivity contribution in [1.82, 2.24) is 0 Å². The predicted octanol–water partition coefficient (Wildman–Crippen LogP) is 22.5. The molecule has 0 aliphatic rings. The maximum atomic E-state index is 12.3. The van der Waals surface area contributed by atoms with Crippen LogP contribution in [-0.4, -0.2) is 36.4 Å². The van der Waals surface area contributed by atoms with Crippen LogP contribution in [0.4, 0.5) is 0 Å². The van der Waals surface area contributed by atoms with Gasteiger partial charge in [-0.2, -0.15) is 0 Å². The zero-order chi connectivity index (χ0) is 53.4. The fourth-order valence-corrected chi connectivity index (χ4v) is 9.83. The lowest BCUT2D eigenvalue weighted by molar-refractivity contribution is -0.161. The summed E-state index contributed by atoms with van der Waals surface area (Å²) < 4.78 is 10.7. The van der Waals surface area contributed by atoms with Crippen LogP contribution in [0.3, 0.4) is 0 Å². The van der Waals surface area contributed by atoms with Gasteiger partial charge in [-0.1, -0.05) is 312 Å². The van der Waals surface area contributed by atoms with Gasteiger partial charge in [0.25, 0.3) is 0 Å². The molecule has 0 aliphatic carbocycles. The van der Waals surface area contributed by atoms with Crippen molar-refractivity contribution in [2.45, 2.75) is 354 Å². The number of aliphatic hydroxyl groups excluding tert-OH is 1. The lowest BCUT2D eigenvalue weighted by Crippen LogP contribution is -2.28. The number of hydrogen-bond donors (Lipinski definition) is 1. The van der Waals surface area contributed by atoms with Crippen LogP contribution in [0.1, 0.15) is 348 Å². The van der Waals surface area contributed by atoms with Crippen LogP contribution in [0.25, 0.3) is 0 Å². The van der Waals surface area contributed by atoms with Gasteiger partial charge in [-0.05, 0) is 83.5 Å². The third-order valence-corrected chi connectivity index (χ3v) is 14.8. The van der Waals surface area contributed by atoms with Crippen molar-refractivity contribution in [3.63, 3.8) is 0 Å². The molecule has 0 bridgehead atoms. The second-order valence-corrected chi connectivity index (χ2v) is 22.2. The van der Waals surface area contributed by atoms with Gasteiger partial charge >= 0.3 is 11.9 Å². The predicted molar refractivity (Wildman–Crippen MR) is 325 cm³/mol. The Morgan fingerprint density at radius 2 is 0.541 bits per heavy atom. The molecule has 0 aromatic rings. The van der Waals surface area contributed by atoms with Crippen molar-refractivity contribution in [2.75, 3.05) is 13.2 Å². The van der Waals surface area contributed by atoms with E-state index in [1.165, 1.54) is 263 Å². The fourth-order valence-electron chi connectivity index (χ4n) is 9.83. The molecule has 0 saturated heterocycles. The van der Waals surface area contributed by atoms with E-state index in [9.17, 15) is 14.7 Å². The van der Waals surface area contributed by atoms with Crippen molar-refractivity contribution < 1.29 is 24.2 Å². The minimum absolute atomic E-state index is 0.0649. The molecule has 0 aromatic carbocycles. The molecule has 1 unspecified atom stereocenters. The Morgan fingerprint density at radius 3 is 0.811 bits per heavy atom. The summed E-state index contributed by atoms with van der Waals surface area (Å²) in [5, 5.41) is 9.68. The lowest BCUT2D eigenvalue weighted by atomic mass is 10.0. The zero-order valence-electron chi connectivity index (χ0n) is 49.6. The first-order valence-electron chi connectivity index (χ1n) is 32.8. The SMILES string of the molecule is CCCCCCC/C=C\C/C=C\C/C=C\CCCCCCCCCCCCC(=O)OC(CO)COC(=O)CCCCCCCCCCCCCCCCCCCCCCCCC/C=C\C/C=C\CCCCCCC. The normalized spacial score (nSPS) is 12.5. The minimum Gasteiger partial charge on any atom is -0.462 e. The topological polar surface area (TPSA) is 72.8 Å². The van der Waals surface area contributed by atoms with Crippen LogP contribution in [0, 0.1) is 0 Å². The summed E-state index contributed by atoms with van der Waals surface area (Å²) in [6, 6.07) is 0. The smallest absolute Gasteiger partial charge is 0.306 e. The summed E-state index contributed by atoms with van der Waals surface area (Å²) in [7, 11) is 0. The van der Waals surface area contributed by atoms with Crippen LogP contribution >= 0.6 is 0 Å². The standard InChI is InChI=1S/C69H126O5/c1-3-5-7-9-11-13-15-17-19-21-23-25-27-29-30-31-32-33-34-35-36-37-38-40-41-43-45-47-49-51-53-55-57-59-61-63-68(71)73-66-67(65-70)74-69(72)64-62-60-58-56-54-52-50-48-46-44-42-39-28-26-24-22-20-18-16-14-12-10-8-6-4-2/h15-18,21-24,28,39,67,70H,3-14,19-20,25-27,29-38,40-66H2,1-2H3/b17-15-,18-16-,23-21-,24-22-,39-28-. The number of allylic oxidation sites excluding steroid dienone is 10. The average Bonchev–Trinajstić information content (AvgIpc) is 3.40. The van der Waals surface area contributed by atoms with Crippen LogP contribution in [0.5, 0.6) is 0 Å². The Balaban J connectivity index is 3.42. The molecule has 0 rings (SSSR count). The molecule has 5 heteroatoms. The van der Waals surface area contributed by atoms with E-state index in [0.717, 1.165) is 57.8 Å². The minimum atomic E-state index is -0.775. The molecule has 0 fully saturated rings. The molecule has 0 saturated carbocycles. The Hall–Kier alpha value is -2.40. The number of carbonyl (C=O) groups is 2. The molecule has 0 aliphatic heterocycles. The van der Waals surface area contributed by atoms with Gasteiger partial charge in [0.2, 0.25) is 0 Å². The molecule has 0 amide bonds. The van der Waals surface area contributed by atoms with Crippen molar-refractivity contribution >= 4 is 11.9 Å². The maximum Gasteiger partial charge on any atom is 0.306 e. The summed E-state index contributed by atoms with van der Waals surface area (Å²) in [5.74, 6) is -0.579. The first kappa shape index (κ1) is 71.6. The van der Waals surface area contributed by atoms with Gasteiger partial charge in [0.15, 0.2) is 6.10 Å². The second kappa shape index (κ2) is 64.9. The lowest BCUT2D eigenvalue weighted by Gasteiger charge is -2.15. The number of aliphatic hydroxyl groups is 1. The molecule has 74 heavy (non-hydrogen) atoms. The summed E-state index contributed by atoms with van der Waals surface area (Å²) >= 11 is 0. The molecule has 0 aromatic heterocycles. The molecule has 0 heterocycles. The highest BCUT2D eigenvalue weighted by Gasteiger charge is 2.16. The first-order chi connectivity index (χ1) is 36.6. The van der Waals surface area contributed by atoms with E-state index in [1.54, 1.807) is 0 Å². The number of carbonyl (C=O) groups excluding carboxylic acids is 2. The number of esters is 2. The van der Waals surface area contributed by atoms with E-state index in [-0.39, 0.29) is 25.2 Å². The van der Waals surface area contributed by atoms with Gasteiger partial charge in [-0.15, -0.1) is 0 Å². The van der Waals surface area contributed by atoms with E-state index < -0.39 is 6.10 Å². The molecule has 0 radical (unpaired) electrons. The van der Waals surface area contributed by atoms with E-state index in [1.807, 2.05) is 0 Å². The monoisotopic (exact) mass is 1030 g/mol. The molecular formula is C69H126O5. The molecule has 432 valence electrons. The molecule has 1 N–H and O–H groups in total. The second-order valence-electron chi connectivity index (χ2n) is 22.2. The average molecular weight is 1040 g/mol. The Kier molecular flexibility index (Phi) is 62.8. The number of hydrogen-bond acceptors (Lipinski definition) is 5. The van der Waals surface area contributed by atoms with Gasteiger partial charge in [-0.25, -0.2) is 0 Å². The van der Waals surface area contributed by atoms with E-state index >= 15 is 0 Å². The summed E-state index contributed by atoms with van der Waals surface area (Å²) in [6.45, 7) is 4.16. The van der Waals surface area contributed by atoms with Crippen LogP contribution < -0.4 is 0 Å². The van der Waals surface area contributed by atoms with E-state index in [2.05, 4.69) is 74.6 Å². The number of unbranched alkanes of at least 4 members (excludes halogenated alkanes) is 43. The van der Waals surface area contributed by atoms with Gasteiger partial charge in [-0.3, -0.25) is 9.59 Å². The van der Waals surface area contributed by atoms with Crippen molar-refractivity contribution in [3.8, 4) is 0 Å². The summed E-state index contributed by atoms with van der Waals surface area (Å²) in [4.78, 5) is 24.6. The maximum absolute atomic E-state index is 12.3. The number of rotatable bonds is 61. The quantitative estimate of drug-likeness (QED) is 0.0373. The highest BCUT2D eigenvalue weighted by Crippen LogP contribution is 2.18. The van der Waals surface area contributed by atoms with Gasteiger partial charge in [0, 0.05) is 12.8 Å². The largest absolute Gasteiger partial charge is 0.462 e. The molecule has 1 atom stereocenters. The summed E-state index contributed by atoms with van der Waals surface area (Å²) in [6.07, 6.45) is 88.1. The first-order valence-corrected chi connectivity index (χ1v) is 32.8. The van der Waals surface area contributed by atoms with Crippen LogP contribution in [0.2, 0.25) is 0 Å². The Labute approximate surface area is 461 Å². The third-order valence-electron chi connectivity index (χ3n) is 14.8. The fraction of sp³-hybridized carbons (Fsp3) is 0.826. The van der Waals surface area contributed by atoms with Crippen LogP contribution in [0.15, 0.2) is 60.8 Å². The van der Waals surface area contributed by atoms with Gasteiger partial charge in [0.1, 0.15) is 6.61 Å². The van der Waals surface area contributed by atoms with Crippen molar-refractivity contribution in [2.24, 2.45) is 0 Å². The van der Waals surface area contributed by atoms with Crippen molar-refractivity contribution in [1.29, 1.82) is 0 Å². The van der Waals surface area contributed by atoms with E-state index in [4.69, 9.17) is 9.47 Å². The zero-order valence-corrected chi connectivity index (χ0v) is 49.6. The summed E-state index contributed by atoms with van der Waals surface area (Å²) in [5.41, 5.74) is 0. The van der Waals surface area contributed by atoms with Gasteiger partial charge < -0.3 is 14.6 Å². The third kappa shape index (κ3) is 62.1. The Bertz CT molecular complexity index is 1260. The highest BCUT2D eigenvalue weighted by atomic mass is 16.6. The molecule has 0 spiro atoms. The molecule has 5 nitrogen and oxygen atoms in total. The number of ether oxygens (including phenoxy) is 2. The van der Waals surface area contributed by atoms with Crippen molar-refractivity contribution in [3.05, 3.63) is 60.8 Å². The van der Waals surface area contributed by atoms with Crippen LogP contribution in [-0.2, 0) is 19.1 Å². The van der Waals surface area contributed by atoms with Gasteiger partial charge in [0.05, 0.1) is 6.61 Å². The van der Waals surface area contributed by atoms with E-state index in [0.29, 0.717) is 12.8 Å².